The molecule has 0 spiro atoms. The molecule has 21 heavy (non-hydrogen) atoms. The highest BCUT2D eigenvalue weighted by Crippen LogP contribution is 2.31. The fourth-order valence-corrected chi connectivity index (χ4v) is 3.40. The van der Waals surface area contributed by atoms with Crippen LogP contribution in [0.25, 0.3) is 11.3 Å². The van der Waals surface area contributed by atoms with Crippen molar-refractivity contribution in [2.45, 2.75) is 26.0 Å². The molecular weight excluding hydrogens is 368 g/mol. The fourth-order valence-electron chi connectivity index (χ4n) is 1.72. The average Bonchev–Trinajstić information content (AvgIpc) is 2.78. The van der Waals surface area contributed by atoms with Crippen LogP contribution in [0.15, 0.2) is 28.7 Å². The van der Waals surface area contributed by atoms with Gasteiger partial charge in [0.15, 0.2) is 5.13 Å². The Morgan fingerprint density at radius 3 is 2.67 bits per heavy atom. The summed E-state index contributed by atoms with van der Waals surface area (Å²) in [4.78, 5) is 17.5. The van der Waals surface area contributed by atoms with E-state index in [1.165, 1.54) is 11.3 Å². The summed E-state index contributed by atoms with van der Waals surface area (Å²) < 4.78 is 1.04. The number of anilines is 1. The molecule has 0 saturated heterocycles. The number of amides is 1. The van der Waals surface area contributed by atoms with Gasteiger partial charge in [0.05, 0.1) is 11.4 Å². The minimum Gasteiger partial charge on any atom is -0.301 e. The predicted molar refractivity (Wildman–Crippen MR) is 96.2 cm³/mol. The van der Waals surface area contributed by atoms with Crippen LogP contribution in [-0.2, 0) is 4.79 Å². The molecule has 0 aliphatic carbocycles. The number of thioether (sulfide) groups is 1. The molecule has 2 aromatic rings. The van der Waals surface area contributed by atoms with E-state index in [0.29, 0.717) is 16.1 Å². The number of thiazole rings is 1. The van der Waals surface area contributed by atoms with E-state index in [-0.39, 0.29) is 5.91 Å². The maximum Gasteiger partial charge on any atom is 0.236 e. The quantitative estimate of drug-likeness (QED) is 0.791. The maximum atomic E-state index is 11.8. The molecule has 1 aromatic heterocycles. The molecule has 1 heterocycles. The van der Waals surface area contributed by atoms with E-state index in [0.717, 1.165) is 20.6 Å². The lowest BCUT2D eigenvalue weighted by Gasteiger charge is -2.04. The Morgan fingerprint density at radius 2 is 2.05 bits per heavy atom. The molecule has 1 N–H and O–H groups in total. The van der Waals surface area contributed by atoms with Gasteiger partial charge >= 0.3 is 0 Å². The zero-order chi connectivity index (χ0) is 15.4. The number of aromatic nitrogens is 1. The number of aryl methyl sites for hydroxylation is 1. The first kappa shape index (κ1) is 16.5. The summed E-state index contributed by atoms with van der Waals surface area (Å²) in [5.74, 6) is 0.467. The molecule has 0 aliphatic heterocycles. The van der Waals surface area contributed by atoms with E-state index in [2.05, 4.69) is 40.1 Å². The van der Waals surface area contributed by atoms with Crippen molar-refractivity contribution < 1.29 is 4.79 Å². The molecule has 1 amide bonds. The van der Waals surface area contributed by atoms with Crippen molar-refractivity contribution in [3.63, 3.8) is 0 Å². The third kappa shape index (κ3) is 4.83. The summed E-state index contributed by atoms with van der Waals surface area (Å²) in [5, 5.41) is 4.00. The highest BCUT2D eigenvalue weighted by molar-refractivity contribution is 9.10. The Morgan fingerprint density at radius 1 is 1.38 bits per heavy atom. The van der Waals surface area contributed by atoms with Gasteiger partial charge in [-0.15, -0.1) is 23.1 Å². The zero-order valence-electron chi connectivity index (χ0n) is 12.1. The number of rotatable bonds is 5. The third-order valence-corrected chi connectivity index (χ3v) is 5.22. The van der Waals surface area contributed by atoms with Crippen LogP contribution in [0.1, 0.15) is 18.7 Å². The van der Waals surface area contributed by atoms with Crippen molar-refractivity contribution in [3.05, 3.63) is 33.6 Å². The van der Waals surface area contributed by atoms with Crippen molar-refractivity contribution in [1.82, 2.24) is 4.98 Å². The van der Waals surface area contributed by atoms with Crippen molar-refractivity contribution in [2.75, 3.05) is 11.1 Å². The monoisotopic (exact) mass is 384 g/mol. The Bertz CT molecular complexity index is 623. The smallest absolute Gasteiger partial charge is 0.236 e. The van der Waals surface area contributed by atoms with Gasteiger partial charge in [-0.1, -0.05) is 41.9 Å². The second-order valence-electron chi connectivity index (χ2n) is 4.84. The lowest BCUT2D eigenvalue weighted by Crippen LogP contribution is -2.15. The van der Waals surface area contributed by atoms with Gasteiger partial charge in [0.1, 0.15) is 0 Å². The number of nitrogens with one attached hydrogen (secondary N) is 1. The van der Waals surface area contributed by atoms with Crippen LogP contribution >= 0.6 is 39.0 Å². The number of benzene rings is 1. The molecule has 0 saturated carbocycles. The van der Waals surface area contributed by atoms with Crippen LogP contribution in [0, 0.1) is 6.92 Å². The lowest BCUT2D eigenvalue weighted by molar-refractivity contribution is -0.113. The average molecular weight is 385 g/mol. The number of hydrogen-bond donors (Lipinski definition) is 1. The van der Waals surface area contributed by atoms with Crippen molar-refractivity contribution >= 4 is 50.1 Å². The number of nitrogens with zero attached hydrogens (tertiary/aromatic N) is 1. The largest absolute Gasteiger partial charge is 0.301 e. The van der Waals surface area contributed by atoms with Gasteiger partial charge in [0.25, 0.3) is 0 Å². The summed E-state index contributed by atoms with van der Waals surface area (Å²) in [5.41, 5.74) is 1.99. The normalized spacial score (nSPS) is 10.9. The molecule has 1 aromatic carbocycles. The van der Waals surface area contributed by atoms with Crippen LogP contribution in [0.4, 0.5) is 5.13 Å². The summed E-state index contributed by atoms with van der Waals surface area (Å²) >= 11 is 6.57. The molecule has 0 radical (unpaired) electrons. The SMILES string of the molecule is Cc1sc(NC(=O)CSC(C)C)nc1-c1ccc(Br)cc1. The second-order valence-corrected chi connectivity index (χ2v) is 8.52. The van der Waals surface area contributed by atoms with E-state index in [4.69, 9.17) is 0 Å². The van der Waals surface area contributed by atoms with E-state index in [1.54, 1.807) is 11.8 Å². The Labute approximate surface area is 141 Å². The zero-order valence-corrected chi connectivity index (χ0v) is 15.4. The van der Waals surface area contributed by atoms with E-state index < -0.39 is 0 Å². The standard InChI is InChI=1S/C15H17BrN2OS2/c1-9(2)20-8-13(19)17-15-18-14(10(3)21-15)11-4-6-12(16)7-5-11/h4-7,9H,8H2,1-3H3,(H,17,18,19). The first-order chi connectivity index (χ1) is 9.95. The van der Waals surface area contributed by atoms with Crippen LogP contribution in [0.2, 0.25) is 0 Å². The second kappa shape index (κ2) is 7.42. The first-order valence-corrected chi connectivity index (χ1v) is 9.26. The molecular formula is C15H17BrN2OS2. The van der Waals surface area contributed by atoms with Crippen LogP contribution in [-0.4, -0.2) is 21.9 Å². The lowest BCUT2D eigenvalue weighted by atomic mass is 10.1. The number of carbonyl (C=O) groups is 1. The molecule has 0 bridgehead atoms. The minimum atomic E-state index is 0.00445. The van der Waals surface area contributed by atoms with E-state index in [9.17, 15) is 4.79 Å². The minimum absolute atomic E-state index is 0.00445. The van der Waals surface area contributed by atoms with Crippen molar-refractivity contribution in [3.8, 4) is 11.3 Å². The molecule has 2 rings (SSSR count). The molecule has 3 nitrogen and oxygen atoms in total. The molecule has 0 unspecified atom stereocenters. The molecule has 112 valence electrons. The van der Waals surface area contributed by atoms with Gasteiger partial charge in [-0.25, -0.2) is 4.98 Å². The van der Waals surface area contributed by atoms with Gasteiger partial charge in [-0.05, 0) is 24.3 Å². The van der Waals surface area contributed by atoms with Gasteiger partial charge in [0, 0.05) is 14.9 Å². The van der Waals surface area contributed by atoms with Gasteiger partial charge in [0.2, 0.25) is 5.91 Å². The topological polar surface area (TPSA) is 42.0 Å². The van der Waals surface area contributed by atoms with Gasteiger partial charge < -0.3 is 5.32 Å². The fraction of sp³-hybridized carbons (Fsp3) is 0.333. The number of carbonyl (C=O) groups excluding carboxylic acids is 1. The Hall–Kier alpha value is -0.850. The number of hydrogen-bond acceptors (Lipinski definition) is 4. The van der Waals surface area contributed by atoms with Crippen LogP contribution < -0.4 is 5.32 Å². The third-order valence-electron chi connectivity index (χ3n) is 2.71. The van der Waals surface area contributed by atoms with Crippen molar-refractivity contribution in [1.29, 1.82) is 0 Å². The summed E-state index contributed by atoms with van der Waals surface area (Å²) in [7, 11) is 0. The van der Waals surface area contributed by atoms with E-state index in [1.807, 2.05) is 31.2 Å². The molecule has 6 heteroatoms. The summed E-state index contributed by atoms with van der Waals surface area (Å²) in [6, 6.07) is 8.02. The van der Waals surface area contributed by atoms with Gasteiger partial charge in [-0.3, -0.25) is 4.79 Å². The van der Waals surface area contributed by atoms with Crippen molar-refractivity contribution in [2.24, 2.45) is 0 Å². The van der Waals surface area contributed by atoms with E-state index >= 15 is 0 Å². The maximum absolute atomic E-state index is 11.8. The first-order valence-electron chi connectivity index (χ1n) is 6.60. The highest BCUT2D eigenvalue weighted by Gasteiger charge is 2.12. The van der Waals surface area contributed by atoms with Crippen LogP contribution in [0.3, 0.4) is 0 Å². The molecule has 0 fully saturated rings. The summed E-state index contributed by atoms with van der Waals surface area (Å²) in [6.07, 6.45) is 0. The highest BCUT2D eigenvalue weighted by atomic mass is 79.9. The number of halogens is 1. The molecule has 0 atom stereocenters. The van der Waals surface area contributed by atoms with Crippen LogP contribution in [0.5, 0.6) is 0 Å². The Kier molecular flexibility index (Phi) is 5.84. The molecule has 0 aliphatic rings. The van der Waals surface area contributed by atoms with Gasteiger partial charge in [-0.2, -0.15) is 0 Å². The summed E-state index contributed by atoms with van der Waals surface area (Å²) in [6.45, 7) is 6.18. The Balaban J connectivity index is 2.08. The predicted octanol–water partition coefficient (Wildman–Crippen LogP) is 4.96.